The number of nitro groups is 1. The minimum absolute atomic E-state index is 0.0385. The number of carbonyl (C=O) groups excluding carboxylic acids is 1. The molecular formula is C17H19N3O3. The highest BCUT2D eigenvalue weighted by Crippen LogP contribution is 2.23. The second-order valence-corrected chi connectivity index (χ2v) is 5.22. The third-order valence-corrected chi connectivity index (χ3v) is 3.33. The summed E-state index contributed by atoms with van der Waals surface area (Å²) in [6.45, 7) is 2.48. The Hall–Kier alpha value is -2.89. The Morgan fingerprint density at radius 3 is 2.52 bits per heavy atom. The van der Waals surface area contributed by atoms with Gasteiger partial charge in [0.25, 0.3) is 5.69 Å². The van der Waals surface area contributed by atoms with Crippen LogP contribution in [0.5, 0.6) is 0 Å². The lowest BCUT2D eigenvalue weighted by Crippen LogP contribution is -2.13. The van der Waals surface area contributed by atoms with Gasteiger partial charge in [-0.05, 0) is 31.5 Å². The molecule has 0 heterocycles. The molecule has 0 aliphatic rings. The highest BCUT2D eigenvalue weighted by Gasteiger charge is 2.11. The van der Waals surface area contributed by atoms with E-state index in [2.05, 4.69) is 10.6 Å². The van der Waals surface area contributed by atoms with Crippen molar-refractivity contribution in [2.45, 2.75) is 19.8 Å². The molecule has 2 aromatic carbocycles. The summed E-state index contributed by atoms with van der Waals surface area (Å²) in [5, 5.41) is 16.7. The number of anilines is 2. The van der Waals surface area contributed by atoms with Crippen LogP contribution >= 0.6 is 0 Å². The van der Waals surface area contributed by atoms with E-state index in [1.165, 1.54) is 6.07 Å². The van der Waals surface area contributed by atoms with Gasteiger partial charge < -0.3 is 10.6 Å². The fourth-order valence-corrected chi connectivity index (χ4v) is 2.11. The van der Waals surface area contributed by atoms with Crippen LogP contribution in [0.2, 0.25) is 0 Å². The number of para-hydroxylation sites is 2. The zero-order valence-corrected chi connectivity index (χ0v) is 12.9. The number of carbonyl (C=O) groups is 1. The van der Waals surface area contributed by atoms with E-state index in [4.69, 9.17) is 0 Å². The molecule has 0 fully saturated rings. The average molecular weight is 313 g/mol. The number of nitro benzene ring substituents is 1. The number of nitrogens with zero attached hydrogens (tertiary/aromatic N) is 1. The average Bonchev–Trinajstić information content (AvgIpc) is 2.54. The summed E-state index contributed by atoms with van der Waals surface area (Å²) < 4.78 is 0. The van der Waals surface area contributed by atoms with Crippen LogP contribution in [0.15, 0.2) is 48.5 Å². The number of benzene rings is 2. The molecule has 2 aromatic rings. The molecule has 23 heavy (non-hydrogen) atoms. The van der Waals surface area contributed by atoms with Crippen LogP contribution in [-0.4, -0.2) is 17.4 Å². The molecular weight excluding hydrogens is 294 g/mol. The Labute approximate surface area is 134 Å². The van der Waals surface area contributed by atoms with Gasteiger partial charge in [0.15, 0.2) is 0 Å². The van der Waals surface area contributed by atoms with Crippen LogP contribution in [-0.2, 0) is 4.79 Å². The third-order valence-electron chi connectivity index (χ3n) is 3.33. The molecule has 0 aliphatic heterocycles. The van der Waals surface area contributed by atoms with E-state index in [1.807, 2.05) is 31.2 Å². The van der Waals surface area contributed by atoms with Gasteiger partial charge in [-0.2, -0.15) is 0 Å². The fourth-order valence-electron chi connectivity index (χ4n) is 2.11. The third kappa shape index (κ3) is 5.10. The maximum atomic E-state index is 11.8. The van der Waals surface area contributed by atoms with Crippen molar-refractivity contribution >= 4 is 23.0 Å². The van der Waals surface area contributed by atoms with Gasteiger partial charge in [0, 0.05) is 24.7 Å². The Kier molecular flexibility index (Phi) is 5.68. The van der Waals surface area contributed by atoms with Crippen molar-refractivity contribution in [2.24, 2.45) is 0 Å². The summed E-state index contributed by atoms with van der Waals surface area (Å²) in [5.74, 6) is -0.0711. The number of rotatable bonds is 7. The van der Waals surface area contributed by atoms with Gasteiger partial charge in [0.05, 0.1) is 4.92 Å². The molecule has 2 N–H and O–H groups in total. The molecule has 0 aromatic heterocycles. The lowest BCUT2D eigenvalue weighted by Gasteiger charge is -2.08. The Morgan fingerprint density at radius 2 is 1.83 bits per heavy atom. The molecule has 6 heteroatoms. The quantitative estimate of drug-likeness (QED) is 0.463. The molecule has 1 amide bonds. The lowest BCUT2D eigenvalue weighted by molar-refractivity contribution is -0.384. The number of aryl methyl sites for hydroxylation is 1. The number of nitrogens with one attached hydrogen (secondary N) is 2. The van der Waals surface area contributed by atoms with Crippen LogP contribution in [0.4, 0.5) is 17.1 Å². The minimum atomic E-state index is -0.424. The number of hydrogen-bond acceptors (Lipinski definition) is 4. The van der Waals surface area contributed by atoms with E-state index >= 15 is 0 Å². The van der Waals surface area contributed by atoms with Gasteiger partial charge in [0.1, 0.15) is 5.69 Å². The monoisotopic (exact) mass is 313 g/mol. The van der Waals surface area contributed by atoms with Crippen LogP contribution < -0.4 is 10.6 Å². The van der Waals surface area contributed by atoms with Crippen molar-refractivity contribution in [3.05, 3.63) is 64.2 Å². The molecule has 0 unspecified atom stereocenters. The predicted octanol–water partition coefficient (Wildman–Crippen LogP) is 3.73. The van der Waals surface area contributed by atoms with Crippen molar-refractivity contribution in [1.29, 1.82) is 0 Å². The highest BCUT2D eigenvalue weighted by molar-refractivity contribution is 5.90. The molecule has 120 valence electrons. The normalized spacial score (nSPS) is 10.1. The van der Waals surface area contributed by atoms with E-state index in [-0.39, 0.29) is 11.6 Å². The predicted molar refractivity (Wildman–Crippen MR) is 90.6 cm³/mol. The molecule has 0 saturated heterocycles. The van der Waals surface area contributed by atoms with Crippen LogP contribution in [0.1, 0.15) is 18.4 Å². The Bertz CT molecular complexity index is 684. The fraction of sp³-hybridized carbons (Fsp3) is 0.235. The van der Waals surface area contributed by atoms with Crippen LogP contribution in [0, 0.1) is 17.0 Å². The number of hydrogen-bond donors (Lipinski definition) is 2. The molecule has 2 rings (SSSR count). The van der Waals surface area contributed by atoms with Crippen molar-refractivity contribution in [2.75, 3.05) is 17.2 Å². The maximum absolute atomic E-state index is 11.8. The maximum Gasteiger partial charge on any atom is 0.292 e. The summed E-state index contributed by atoms with van der Waals surface area (Å²) in [6, 6.07) is 14.1. The molecule has 6 nitrogen and oxygen atoms in total. The zero-order valence-electron chi connectivity index (χ0n) is 12.9. The largest absolute Gasteiger partial charge is 0.379 e. The van der Waals surface area contributed by atoms with Crippen molar-refractivity contribution in [1.82, 2.24) is 0 Å². The smallest absolute Gasteiger partial charge is 0.292 e. The van der Waals surface area contributed by atoms with Gasteiger partial charge in [-0.1, -0.05) is 29.8 Å². The first-order valence-electron chi connectivity index (χ1n) is 7.40. The van der Waals surface area contributed by atoms with Crippen molar-refractivity contribution in [3.8, 4) is 0 Å². The molecule has 0 radical (unpaired) electrons. The Morgan fingerprint density at radius 1 is 1.13 bits per heavy atom. The first-order chi connectivity index (χ1) is 11.1. The minimum Gasteiger partial charge on any atom is -0.379 e. The zero-order chi connectivity index (χ0) is 16.7. The topological polar surface area (TPSA) is 84.3 Å². The van der Waals surface area contributed by atoms with Gasteiger partial charge in [0.2, 0.25) is 5.91 Å². The molecule has 0 saturated carbocycles. The van der Waals surface area contributed by atoms with Crippen LogP contribution in [0.25, 0.3) is 0 Å². The van der Waals surface area contributed by atoms with E-state index in [1.54, 1.807) is 18.2 Å². The second-order valence-electron chi connectivity index (χ2n) is 5.22. The standard InChI is InChI=1S/C17H19N3O3/c1-13-8-10-14(11-9-13)19-17(21)7-4-12-18-15-5-2-3-6-16(15)20(22)23/h2-3,5-6,8-11,18H,4,7,12H2,1H3,(H,19,21). The van der Waals surface area contributed by atoms with Crippen LogP contribution in [0.3, 0.4) is 0 Å². The van der Waals surface area contributed by atoms with Gasteiger partial charge in [-0.15, -0.1) is 0 Å². The van der Waals surface area contributed by atoms with E-state index in [9.17, 15) is 14.9 Å². The lowest BCUT2D eigenvalue weighted by atomic mass is 10.2. The highest BCUT2D eigenvalue weighted by atomic mass is 16.6. The molecule has 0 spiro atoms. The summed E-state index contributed by atoms with van der Waals surface area (Å²) in [5.41, 5.74) is 2.41. The second kappa shape index (κ2) is 7.93. The summed E-state index contributed by atoms with van der Waals surface area (Å²) >= 11 is 0. The first-order valence-corrected chi connectivity index (χ1v) is 7.40. The van der Waals surface area contributed by atoms with Gasteiger partial charge in [-0.25, -0.2) is 0 Å². The molecule has 0 aliphatic carbocycles. The van der Waals surface area contributed by atoms with E-state index < -0.39 is 4.92 Å². The van der Waals surface area contributed by atoms with Gasteiger partial charge >= 0.3 is 0 Å². The Balaban J connectivity index is 1.76. The summed E-state index contributed by atoms with van der Waals surface area (Å²) in [4.78, 5) is 22.3. The SMILES string of the molecule is Cc1ccc(NC(=O)CCCNc2ccccc2[N+](=O)[O-])cc1. The van der Waals surface area contributed by atoms with Crippen molar-refractivity contribution in [3.63, 3.8) is 0 Å². The summed E-state index contributed by atoms with van der Waals surface area (Å²) in [6.07, 6.45) is 0.936. The number of amides is 1. The first kappa shape index (κ1) is 16.5. The summed E-state index contributed by atoms with van der Waals surface area (Å²) in [7, 11) is 0. The molecule has 0 bridgehead atoms. The molecule has 0 atom stereocenters. The van der Waals surface area contributed by atoms with E-state index in [0.717, 1.165) is 11.3 Å². The van der Waals surface area contributed by atoms with Gasteiger partial charge in [-0.3, -0.25) is 14.9 Å². The van der Waals surface area contributed by atoms with E-state index in [0.29, 0.717) is 25.1 Å². The van der Waals surface area contributed by atoms with Crippen molar-refractivity contribution < 1.29 is 9.72 Å².